The molecular weight excluding hydrogens is 326 g/mol. The summed E-state index contributed by atoms with van der Waals surface area (Å²) in [4.78, 5) is 25.5. The van der Waals surface area contributed by atoms with Crippen LogP contribution in [0, 0.1) is 5.92 Å². The van der Waals surface area contributed by atoms with Crippen LogP contribution in [-0.2, 0) is 16.0 Å². The van der Waals surface area contributed by atoms with Crippen LogP contribution in [0.25, 0.3) is 0 Å². The van der Waals surface area contributed by atoms with Gasteiger partial charge in [-0.1, -0.05) is 30.3 Å². The summed E-state index contributed by atoms with van der Waals surface area (Å²) >= 11 is 0. The number of rotatable bonds is 6. The minimum absolute atomic E-state index is 0. The Kier molecular flexibility index (Phi) is 8.79. The van der Waals surface area contributed by atoms with Gasteiger partial charge in [0.2, 0.25) is 11.8 Å². The number of nitrogens with one attached hydrogen (secondary N) is 1. The van der Waals surface area contributed by atoms with E-state index in [0.717, 1.165) is 32.4 Å². The van der Waals surface area contributed by atoms with Gasteiger partial charge in [0.25, 0.3) is 0 Å². The molecule has 1 aliphatic heterocycles. The normalized spacial score (nSPS) is 16.2. The van der Waals surface area contributed by atoms with Gasteiger partial charge in [0.05, 0.1) is 6.54 Å². The van der Waals surface area contributed by atoms with Crippen molar-refractivity contribution in [1.29, 1.82) is 0 Å². The Morgan fingerprint density at radius 1 is 1.25 bits per heavy atom. The second-order valence-electron chi connectivity index (χ2n) is 6.47. The highest BCUT2D eigenvalue weighted by atomic mass is 35.5. The molecule has 0 spiro atoms. The highest BCUT2D eigenvalue weighted by Gasteiger charge is 2.23. The number of amides is 2. The second kappa shape index (κ2) is 10.3. The highest BCUT2D eigenvalue weighted by Crippen LogP contribution is 2.21. The molecule has 2 rings (SSSR count). The number of carbonyl (C=O) groups is 2. The topological polar surface area (TPSA) is 75.4 Å². The van der Waals surface area contributed by atoms with Crippen molar-refractivity contribution in [2.75, 3.05) is 19.6 Å². The summed E-state index contributed by atoms with van der Waals surface area (Å²) in [6, 6.07) is 10.3. The lowest BCUT2D eigenvalue weighted by Gasteiger charge is -2.32. The summed E-state index contributed by atoms with van der Waals surface area (Å²) < 4.78 is 0. The quantitative estimate of drug-likeness (QED) is 0.818. The van der Waals surface area contributed by atoms with Gasteiger partial charge >= 0.3 is 0 Å². The number of piperidine rings is 1. The van der Waals surface area contributed by atoms with Crippen molar-refractivity contribution in [2.45, 2.75) is 38.6 Å². The number of benzene rings is 1. The third-order valence-corrected chi connectivity index (χ3v) is 4.28. The lowest BCUT2D eigenvalue weighted by molar-refractivity contribution is -0.134. The van der Waals surface area contributed by atoms with Gasteiger partial charge < -0.3 is 16.0 Å². The van der Waals surface area contributed by atoms with Crippen molar-refractivity contribution in [1.82, 2.24) is 10.2 Å². The zero-order chi connectivity index (χ0) is 16.7. The summed E-state index contributed by atoms with van der Waals surface area (Å²) in [5.74, 6) is 0.475. The molecule has 134 valence electrons. The third-order valence-electron chi connectivity index (χ3n) is 4.28. The van der Waals surface area contributed by atoms with Crippen molar-refractivity contribution < 1.29 is 9.59 Å². The number of likely N-dealkylation sites (tertiary alicyclic amines) is 1. The standard InChI is InChI=1S/C18H27N3O2.ClH/c1-14(19)11-17(22)20-13-18(23)21-9-7-16(8-10-21)12-15-5-3-2-4-6-15;/h2-6,14,16H,7-13,19H2,1H3,(H,20,22);1H. The molecule has 6 heteroatoms. The fourth-order valence-electron chi connectivity index (χ4n) is 2.98. The van der Waals surface area contributed by atoms with Crippen molar-refractivity contribution in [2.24, 2.45) is 11.7 Å². The monoisotopic (exact) mass is 353 g/mol. The van der Waals surface area contributed by atoms with Crippen molar-refractivity contribution in [3.8, 4) is 0 Å². The van der Waals surface area contributed by atoms with Crippen LogP contribution in [0.2, 0.25) is 0 Å². The van der Waals surface area contributed by atoms with Crippen LogP contribution in [0.4, 0.5) is 0 Å². The molecule has 3 N–H and O–H groups in total. The first-order chi connectivity index (χ1) is 11.0. The first-order valence-electron chi connectivity index (χ1n) is 8.38. The second-order valence-corrected chi connectivity index (χ2v) is 6.47. The van der Waals surface area contributed by atoms with E-state index in [2.05, 4.69) is 29.6 Å². The molecule has 1 aliphatic rings. The molecule has 1 unspecified atom stereocenters. The number of nitrogens with zero attached hydrogens (tertiary/aromatic N) is 1. The van der Waals surface area contributed by atoms with E-state index < -0.39 is 0 Å². The highest BCUT2D eigenvalue weighted by molar-refractivity contribution is 5.85. The summed E-state index contributed by atoms with van der Waals surface area (Å²) in [6.07, 6.45) is 3.38. The Balaban J connectivity index is 0.00000288. The lowest BCUT2D eigenvalue weighted by Crippen LogP contribution is -2.44. The predicted molar refractivity (Wildman–Crippen MR) is 98.0 cm³/mol. The van der Waals surface area contributed by atoms with Crippen LogP contribution in [0.15, 0.2) is 30.3 Å². The van der Waals surface area contributed by atoms with Gasteiger partial charge in [0, 0.05) is 25.6 Å². The molecule has 1 aromatic carbocycles. The van der Waals surface area contributed by atoms with Gasteiger partial charge in [-0.25, -0.2) is 0 Å². The van der Waals surface area contributed by atoms with E-state index in [4.69, 9.17) is 5.73 Å². The zero-order valence-electron chi connectivity index (χ0n) is 14.2. The minimum atomic E-state index is -0.182. The van der Waals surface area contributed by atoms with Crippen LogP contribution >= 0.6 is 12.4 Å². The van der Waals surface area contributed by atoms with Gasteiger partial charge in [-0.3, -0.25) is 9.59 Å². The molecular formula is C18H28ClN3O2. The van der Waals surface area contributed by atoms with Gasteiger partial charge in [-0.15, -0.1) is 12.4 Å². The van der Waals surface area contributed by atoms with Crippen molar-refractivity contribution >= 4 is 24.2 Å². The maximum absolute atomic E-state index is 12.1. The number of nitrogens with two attached hydrogens (primary N) is 1. The SMILES string of the molecule is CC(N)CC(=O)NCC(=O)N1CCC(Cc2ccccc2)CC1.Cl. The number of halogens is 1. The van der Waals surface area contributed by atoms with Gasteiger partial charge in [-0.05, 0) is 37.7 Å². The Morgan fingerprint density at radius 2 is 1.88 bits per heavy atom. The predicted octanol–water partition coefficient (Wildman–Crippen LogP) is 1.74. The van der Waals surface area contributed by atoms with Crippen LogP contribution in [0.5, 0.6) is 0 Å². The van der Waals surface area contributed by atoms with Gasteiger partial charge in [-0.2, -0.15) is 0 Å². The van der Waals surface area contributed by atoms with Gasteiger partial charge in [0.15, 0.2) is 0 Å². The van der Waals surface area contributed by atoms with Crippen LogP contribution < -0.4 is 11.1 Å². The Labute approximate surface area is 150 Å². The molecule has 0 radical (unpaired) electrons. The number of carbonyl (C=O) groups excluding carboxylic acids is 2. The van der Waals surface area contributed by atoms with Crippen LogP contribution in [0.3, 0.4) is 0 Å². The maximum atomic E-state index is 12.1. The molecule has 1 atom stereocenters. The molecule has 1 aromatic rings. The molecule has 0 bridgehead atoms. The zero-order valence-corrected chi connectivity index (χ0v) is 15.1. The molecule has 1 fully saturated rings. The lowest BCUT2D eigenvalue weighted by atomic mass is 9.90. The van der Waals surface area contributed by atoms with E-state index in [0.29, 0.717) is 5.92 Å². The van der Waals surface area contributed by atoms with E-state index in [1.54, 1.807) is 6.92 Å². The molecule has 1 heterocycles. The molecule has 0 aliphatic carbocycles. The van der Waals surface area contributed by atoms with Crippen LogP contribution in [0.1, 0.15) is 31.7 Å². The summed E-state index contributed by atoms with van der Waals surface area (Å²) in [5.41, 5.74) is 6.93. The summed E-state index contributed by atoms with van der Waals surface area (Å²) in [6.45, 7) is 3.41. The largest absolute Gasteiger partial charge is 0.347 e. The Morgan fingerprint density at radius 3 is 2.46 bits per heavy atom. The van der Waals surface area contributed by atoms with E-state index in [1.807, 2.05) is 11.0 Å². The molecule has 5 nitrogen and oxygen atoms in total. The van der Waals surface area contributed by atoms with Crippen molar-refractivity contribution in [3.05, 3.63) is 35.9 Å². The number of hydrogen-bond acceptors (Lipinski definition) is 3. The van der Waals surface area contributed by atoms with E-state index in [9.17, 15) is 9.59 Å². The molecule has 0 aromatic heterocycles. The molecule has 2 amide bonds. The van der Waals surface area contributed by atoms with Gasteiger partial charge in [0.1, 0.15) is 0 Å². The fourth-order valence-corrected chi connectivity index (χ4v) is 2.98. The first-order valence-corrected chi connectivity index (χ1v) is 8.38. The molecule has 0 saturated carbocycles. The third kappa shape index (κ3) is 6.89. The van der Waals surface area contributed by atoms with E-state index in [-0.39, 0.29) is 43.2 Å². The molecule has 24 heavy (non-hydrogen) atoms. The smallest absolute Gasteiger partial charge is 0.241 e. The Hall–Kier alpha value is -1.59. The maximum Gasteiger partial charge on any atom is 0.241 e. The average molecular weight is 354 g/mol. The van der Waals surface area contributed by atoms with E-state index >= 15 is 0 Å². The fraction of sp³-hybridized carbons (Fsp3) is 0.556. The summed E-state index contributed by atoms with van der Waals surface area (Å²) in [7, 11) is 0. The van der Waals surface area contributed by atoms with E-state index in [1.165, 1.54) is 5.56 Å². The van der Waals surface area contributed by atoms with Crippen LogP contribution in [-0.4, -0.2) is 42.4 Å². The van der Waals surface area contributed by atoms with Crippen molar-refractivity contribution in [3.63, 3.8) is 0 Å². The minimum Gasteiger partial charge on any atom is -0.347 e. The Bertz CT molecular complexity index is 514. The average Bonchev–Trinajstić information content (AvgIpc) is 2.54. The molecule has 1 saturated heterocycles. The summed E-state index contributed by atoms with van der Waals surface area (Å²) in [5, 5.41) is 2.65. The first kappa shape index (κ1) is 20.5. The number of hydrogen-bond donors (Lipinski definition) is 2.